The Labute approximate surface area is 182 Å². The number of carboxylic acids is 1. The van der Waals surface area contributed by atoms with Crippen molar-refractivity contribution >= 4 is 76.9 Å². The van der Waals surface area contributed by atoms with Crippen LogP contribution in [-0.2, 0) is 14.4 Å². The van der Waals surface area contributed by atoms with Crippen LogP contribution < -0.4 is 5.32 Å². The first-order valence-corrected chi connectivity index (χ1v) is 12.2. The summed E-state index contributed by atoms with van der Waals surface area (Å²) in [7, 11) is 0. The van der Waals surface area contributed by atoms with E-state index in [1.807, 2.05) is 4.31 Å². The molecule has 0 spiro atoms. The minimum atomic E-state index is -1.09. The van der Waals surface area contributed by atoms with Crippen molar-refractivity contribution in [2.24, 2.45) is 9.81 Å². The van der Waals surface area contributed by atoms with E-state index in [1.165, 1.54) is 62.8 Å². The summed E-state index contributed by atoms with van der Waals surface area (Å²) in [6, 6.07) is -0.836. The molecule has 0 aromatic carbocycles. The average molecular weight is 474 g/mol. The van der Waals surface area contributed by atoms with Crippen LogP contribution in [0.4, 0.5) is 0 Å². The summed E-state index contributed by atoms with van der Waals surface area (Å²) in [4.78, 5) is 54.0. The standard InChI is InChI=1S/C15H15N5O5S4/c21-10(8-1-26-6-16-8)11(22)18-9-12(23)20-2-15(14(24)25,3-27-13(9)20)4-29-19-5-17-28-7-19/h1,5-6,9,13H,2-4,7H2,(H,18,22)(H,24,25)/t9?,13-,15?/m1/s1. The number of aromatic nitrogens is 1. The summed E-state index contributed by atoms with van der Waals surface area (Å²) in [6.07, 6.45) is 1.66. The first-order valence-electron chi connectivity index (χ1n) is 8.35. The highest BCUT2D eigenvalue weighted by Gasteiger charge is 2.57. The van der Waals surface area contributed by atoms with Gasteiger partial charge in [-0.05, 0) is 23.9 Å². The number of nitrogens with one attached hydrogen (secondary N) is 1. The number of hydrogen-bond acceptors (Lipinski definition) is 11. The smallest absolute Gasteiger partial charge is 0.313 e. The topological polar surface area (TPSA) is 132 Å². The Balaban J connectivity index is 1.38. The number of carbonyl (C=O) groups is 4. The first kappa shape index (κ1) is 20.5. The number of nitrogens with zero attached hydrogens (tertiary/aromatic N) is 4. The third-order valence-corrected chi connectivity index (χ3v) is 8.91. The number of fused-ring (bicyclic) bond motifs is 1. The van der Waals surface area contributed by atoms with Gasteiger partial charge in [-0.15, -0.1) is 23.1 Å². The fourth-order valence-corrected chi connectivity index (χ4v) is 7.01. The number of ketones is 1. The Kier molecular flexibility index (Phi) is 5.77. The zero-order chi connectivity index (χ0) is 20.6. The summed E-state index contributed by atoms with van der Waals surface area (Å²) in [5, 5.41) is 13.4. The molecule has 14 heteroatoms. The maximum atomic E-state index is 12.5. The molecule has 0 aliphatic carbocycles. The van der Waals surface area contributed by atoms with E-state index in [4.69, 9.17) is 0 Å². The second-order valence-electron chi connectivity index (χ2n) is 6.58. The zero-order valence-corrected chi connectivity index (χ0v) is 18.0. The van der Waals surface area contributed by atoms with Gasteiger partial charge in [-0.2, -0.15) is 0 Å². The molecule has 3 aliphatic rings. The maximum absolute atomic E-state index is 12.5. The normalized spacial score (nSPS) is 28.1. The van der Waals surface area contributed by atoms with Crippen molar-refractivity contribution in [3.8, 4) is 0 Å². The molecule has 2 N–H and O–H groups in total. The number of β-lactam (4-membered cyclic amide) rings is 1. The van der Waals surface area contributed by atoms with Gasteiger partial charge in [0.25, 0.3) is 11.7 Å². The summed E-state index contributed by atoms with van der Waals surface area (Å²) in [5.41, 5.74) is 0.399. The lowest BCUT2D eigenvalue weighted by Gasteiger charge is -2.53. The molecule has 2 saturated heterocycles. The summed E-state index contributed by atoms with van der Waals surface area (Å²) < 4.78 is 5.88. The van der Waals surface area contributed by atoms with E-state index >= 15 is 0 Å². The Hall–Kier alpha value is -1.77. The number of amides is 2. The van der Waals surface area contributed by atoms with Gasteiger partial charge >= 0.3 is 5.97 Å². The molecule has 1 aromatic rings. The molecule has 0 radical (unpaired) electrons. The molecule has 4 rings (SSSR count). The largest absolute Gasteiger partial charge is 0.481 e. The van der Waals surface area contributed by atoms with Crippen molar-refractivity contribution in [2.45, 2.75) is 11.4 Å². The number of aliphatic carboxylic acids is 1. The van der Waals surface area contributed by atoms with E-state index in [9.17, 15) is 24.3 Å². The van der Waals surface area contributed by atoms with E-state index in [1.54, 1.807) is 6.34 Å². The number of thiazole rings is 1. The third kappa shape index (κ3) is 3.85. The molecular weight excluding hydrogens is 458 g/mol. The van der Waals surface area contributed by atoms with Gasteiger partial charge in [0.2, 0.25) is 5.91 Å². The Morgan fingerprint density at radius 2 is 2.24 bits per heavy atom. The van der Waals surface area contributed by atoms with Gasteiger partial charge in [0.15, 0.2) is 0 Å². The highest BCUT2D eigenvalue weighted by molar-refractivity contribution is 8.02. The Morgan fingerprint density at radius 3 is 2.90 bits per heavy atom. The molecule has 4 heterocycles. The highest BCUT2D eigenvalue weighted by atomic mass is 32.2. The molecule has 154 valence electrons. The van der Waals surface area contributed by atoms with Crippen LogP contribution in [0.2, 0.25) is 0 Å². The molecule has 0 saturated carbocycles. The predicted molar refractivity (Wildman–Crippen MR) is 112 cm³/mol. The van der Waals surface area contributed by atoms with E-state index in [0.29, 0.717) is 17.4 Å². The lowest BCUT2D eigenvalue weighted by atomic mass is 9.89. The second kappa shape index (κ2) is 8.16. The number of carboxylic acid groups (broad SMARTS) is 1. The van der Waals surface area contributed by atoms with Crippen LogP contribution in [-0.4, -0.2) is 84.5 Å². The van der Waals surface area contributed by atoms with Crippen LogP contribution in [0.15, 0.2) is 15.3 Å². The van der Waals surface area contributed by atoms with Crippen LogP contribution >= 0.6 is 47.0 Å². The lowest BCUT2D eigenvalue weighted by Crippen LogP contribution is -2.74. The minimum absolute atomic E-state index is 0.0398. The third-order valence-electron chi connectivity index (χ3n) is 4.70. The van der Waals surface area contributed by atoms with Crippen molar-refractivity contribution in [2.75, 3.05) is 23.9 Å². The maximum Gasteiger partial charge on any atom is 0.313 e. The molecule has 29 heavy (non-hydrogen) atoms. The van der Waals surface area contributed by atoms with Gasteiger partial charge < -0.3 is 15.3 Å². The van der Waals surface area contributed by atoms with Crippen LogP contribution in [0.1, 0.15) is 10.5 Å². The van der Waals surface area contributed by atoms with Gasteiger partial charge in [0, 0.05) is 23.4 Å². The molecule has 2 fully saturated rings. The van der Waals surface area contributed by atoms with Crippen molar-refractivity contribution in [1.82, 2.24) is 19.5 Å². The molecular formula is C15H15N5O5S4. The van der Waals surface area contributed by atoms with Gasteiger partial charge in [-0.25, -0.2) is 9.38 Å². The highest BCUT2D eigenvalue weighted by Crippen LogP contribution is 2.44. The summed E-state index contributed by atoms with van der Waals surface area (Å²) in [5.74, 6) is -1.76. The molecule has 3 atom stereocenters. The zero-order valence-electron chi connectivity index (χ0n) is 14.7. The summed E-state index contributed by atoms with van der Waals surface area (Å²) in [6.45, 7) is 0.0658. The minimum Gasteiger partial charge on any atom is -0.481 e. The first-order chi connectivity index (χ1) is 13.9. The fraction of sp³-hybridized carbons (Fsp3) is 0.467. The summed E-state index contributed by atoms with van der Waals surface area (Å²) >= 11 is 5.26. The van der Waals surface area contributed by atoms with E-state index < -0.39 is 29.1 Å². The van der Waals surface area contributed by atoms with Crippen molar-refractivity contribution in [3.63, 3.8) is 0 Å². The van der Waals surface area contributed by atoms with Gasteiger partial charge in [0.05, 0.1) is 11.4 Å². The van der Waals surface area contributed by atoms with Crippen LogP contribution in [0.3, 0.4) is 0 Å². The van der Waals surface area contributed by atoms with Gasteiger partial charge in [-0.1, -0.05) is 0 Å². The van der Waals surface area contributed by atoms with E-state index in [2.05, 4.69) is 14.7 Å². The monoisotopic (exact) mass is 473 g/mol. The average Bonchev–Trinajstić information content (AvgIpc) is 3.43. The molecule has 3 aliphatic heterocycles. The molecule has 2 amide bonds. The van der Waals surface area contributed by atoms with Gasteiger partial charge in [0.1, 0.15) is 28.9 Å². The lowest BCUT2D eigenvalue weighted by molar-refractivity contribution is -0.157. The number of hydrogen-bond donors (Lipinski definition) is 2. The molecule has 2 unspecified atom stereocenters. The SMILES string of the molecule is O=C(NC1C(=O)N2CC(CSN3C=NSC3)(C(=O)O)CS[C@H]12)C(=O)c1cscn1. The number of thioether (sulfide) groups is 1. The van der Waals surface area contributed by atoms with Gasteiger partial charge in [-0.3, -0.25) is 23.5 Å². The molecule has 0 bridgehead atoms. The Bertz CT molecular complexity index is 880. The number of rotatable bonds is 7. The van der Waals surface area contributed by atoms with Crippen LogP contribution in [0, 0.1) is 5.41 Å². The van der Waals surface area contributed by atoms with E-state index in [0.717, 1.165) is 0 Å². The molecule has 10 nitrogen and oxygen atoms in total. The fourth-order valence-electron chi connectivity index (χ4n) is 3.04. The Morgan fingerprint density at radius 1 is 1.41 bits per heavy atom. The number of carbonyl (C=O) groups excluding carboxylic acids is 3. The van der Waals surface area contributed by atoms with Crippen molar-refractivity contribution < 1.29 is 24.3 Å². The van der Waals surface area contributed by atoms with Crippen LogP contribution in [0.5, 0.6) is 0 Å². The van der Waals surface area contributed by atoms with E-state index in [-0.39, 0.29) is 23.5 Å². The van der Waals surface area contributed by atoms with Crippen LogP contribution in [0.25, 0.3) is 0 Å². The van der Waals surface area contributed by atoms with Crippen molar-refractivity contribution in [3.05, 3.63) is 16.6 Å². The molecule has 1 aromatic heterocycles. The number of Topliss-reactive ketones (excluding diaryl/α,β-unsaturated/α-hetero) is 1. The van der Waals surface area contributed by atoms with Crippen molar-refractivity contribution in [1.29, 1.82) is 0 Å². The predicted octanol–water partition coefficient (Wildman–Crippen LogP) is 0.395. The quantitative estimate of drug-likeness (QED) is 0.248. The second-order valence-corrected chi connectivity index (χ2v) is 10.1.